The van der Waals surface area contributed by atoms with Crippen molar-refractivity contribution in [3.63, 3.8) is 0 Å². The van der Waals surface area contributed by atoms with E-state index in [0.717, 1.165) is 11.6 Å². The molecule has 0 bridgehead atoms. The fourth-order valence-corrected chi connectivity index (χ4v) is 5.35. The maximum atomic E-state index is 14.3. The quantitative estimate of drug-likeness (QED) is 0.203. The Bertz CT molecular complexity index is 1640. The number of carbonyl (C=O) groups is 4. The van der Waals surface area contributed by atoms with E-state index in [-0.39, 0.29) is 49.6 Å². The van der Waals surface area contributed by atoms with Crippen LogP contribution in [0.3, 0.4) is 0 Å². The summed E-state index contributed by atoms with van der Waals surface area (Å²) in [5.41, 5.74) is 3.79. The number of benzene rings is 3. The normalized spacial score (nSPS) is 13.7. The highest BCUT2D eigenvalue weighted by atomic mass is 19.4. The summed E-state index contributed by atoms with van der Waals surface area (Å²) in [5, 5.41) is 10.3. The molecule has 48 heavy (non-hydrogen) atoms. The number of alkyl halides is 3. The molecule has 0 aromatic heterocycles. The van der Waals surface area contributed by atoms with Crippen LogP contribution >= 0.6 is 0 Å². The minimum atomic E-state index is -4.86. The van der Waals surface area contributed by atoms with E-state index >= 15 is 0 Å². The molecule has 0 atom stereocenters. The number of guanidine groups is 1. The first kappa shape index (κ1) is 35.5. The fraction of sp³-hybridized carbons (Fsp3) is 0.324. The molecule has 0 unspecified atom stereocenters. The zero-order valence-electron chi connectivity index (χ0n) is 26.4. The molecule has 1 fully saturated rings. The van der Waals surface area contributed by atoms with Gasteiger partial charge in [0.25, 0.3) is 5.91 Å². The number of nitrogens with one attached hydrogen (secondary N) is 2. The molecule has 3 aromatic rings. The Morgan fingerprint density at radius 2 is 1.44 bits per heavy atom. The van der Waals surface area contributed by atoms with Gasteiger partial charge in [0.15, 0.2) is 0 Å². The first-order valence-corrected chi connectivity index (χ1v) is 15.1. The summed E-state index contributed by atoms with van der Waals surface area (Å²) >= 11 is 0. The van der Waals surface area contributed by atoms with Gasteiger partial charge in [-0.1, -0.05) is 66.7 Å². The zero-order valence-corrected chi connectivity index (χ0v) is 26.4. The van der Waals surface area contributed by atoms with Crippen molar-refractivity contribution in [2.24, 2.45) is 5.73 Å². The van der Waals surface area contributed by atoms with Gasteiger partial charge in [-0.3, -0.25) is 15.0 Å². The third-order valence-electron chi connectivity index (χ3n) is 7.82. The molecule has 4 N–H and O–H groups in total. The molecule has 3 aromatic carbocycles. The molecule has 0 aliphatic carbocycles. The first-order chi connectivity index (χ1) is 22.7. The van der Waals surface area contributed by atoms with E-state index in [0.29, 0.717) is 11.6 Å². The van der Waals surface area contributed by atoms with Crippen LogP contribution in [0.1, 0.15) is 65.2 Å². The topological polar surface area (TPSA) is 155 Å². The predicted molar refractivity (Wildman–Crippen MR) is 169 cm³/mol. The van der Waals surface area contributed by atoms with Gasteiger partial charge >= 0.3 is 18.4 Å². The van der Waals surface area contributed by atoms with Gasteiger partial charge in [-0.15, -0.1) is 0 Å². The third-order valence-corrected chi connectivity index (χ3v) is 7.82. The van der Waals surface area contributed by atoms with Crippen LogP contribution in [0.5, 0.6) is 0 Å². The molecule has 0 radical (unpaired) electrons. The molecule has 11 nitrogen and oxygen atoms in total. The van der Waals surface area contributed by atoms with Crippen molar-refractivity contribution in [2.45, 2.75) is 57.5 Å². The van der Waals surface area contributed by atoms with E-state index in [1.807, 2.05) is 6.07 Å². The minimum Gasteiger partial charge on any atom is -0.445 e. The van der Waals surface area contributed by atoms with Gasteiger partial charge in [-0.25, -0.2) is 9.59 Å². The zero-order chi connectivity index (χ0) is 35.1. The molecule has 4 amide bonds. The molecule has 1 saturated heterocycles. The van der Waals surface area contributed by atoms with Gasteiger partial charge in [0.2, 0.25) is 11.9 Å². The van der Waals surface area contributed by atoms with E-state index in [2.05, 4.69) is 5.32 Å². The van der Waals surface area contributed by atoms with E-state index in [9.17, 15) is 32.3 Å². The van der Waals surface area contributed by atoms with Crippen LogP contribution < -0.4 is 11.1 Å². The summed E-state index contributed by atoms with van der Waals surface area (Å²) in [6.45, 7) is 3.04. The molecule has 0 saturated carbocycles. The third kappa shape index (κ3) is 8.90. The fourth-order valence-electron chi connectivity index (χ4n) is 5.35. The van der Waals surface area contributed by atoms with E-state index in [4.69, 9.17) is 20.6 Å². The van der Waals surface area contributed by atoms with Crippen LogP contribution in [-0.2, 0) is 33.7 Å². The number of rotatable bonds is 8. The number of ether oxygens (including phenoxy) is 2. The molecular formula is C34H36F3N5O6. The standard InChI is InChI=1S/C34H36F3N5O6/c1-33(2,40-31(45)47-20-22-9-5-3-6-10-22)29(44)41-17-15-24(16-18-41)26-14-13-25(19-27(26)34(35,36)37)28(43)42(30(38)39)32(46)48-21-23-11-7-4-8-12-23/h3-14,19,24H,15-18,20-21H2,1-2H3,(H3,38,39)(H,40,45). The largest absolute Gasteiger partial charge is 0.445 e. The SMILES string of the molecule is CC(C)(NC(=O)OCc1ccccc1)C(=O)N1CCC(c2ccc(C(=O)N(C(=N)N)C(=O)OCc3ccccc3)cc2C(F)(F)F)CC1. The second-order valence-electron chi connectivity index (χ2n) is 11.7. The Morgan fingerprint density at radius 1 is 0.896 bits per heavy atom. The van der Waals surface area contributed by atoms with Crippen LogP contribution in [-0.4, -0.2) is 58.4 Å². The lowest BCUT2D eigenvalue weighted by Gasteiger charge is -2.37. The maximum Gasteiger partial charge on any atom is 0.424 e. The number of alkyl carbamates (subject to hydrolysis) is 1. The van der Waals surface area contributed by atoms with Crippen LogP contribution in [0.4, 0.5) is 22.8 Å². The van der Waals surface area contributed by atoms with Crippen LogP contribution in [0, 0.1) is 5.41 Å². The number of nitrogens with two attached hydrogens (primary N) is 1. The molecule has 4 rings (SSSR count). The Morgan fingerprint density at radius 3 is 1.96 bits per heavy atom. The van der Waals surface area contributed by atoms with Gasteiger partial charge in [0.05, 0.1) is 5.56 Å². The molecule has 254 valence electrons. The summed E-state index contributed by atoms with van der Waals surface area (Å²) < 4.78 is 53.3. The molecular weight excluding hydrogens is 631 g/mol. The number of hydrogen-bond acceptors (Lipinski definition) is 7. The van der Waals surface area contributed by atoms with Crippen molar-refractivity contribution in [1.29, 1.82) is 5.41 Å². The van der Waals surface area contributed by atoms with Crippen molar-refractivity contribution in [2.75, 3.05) is 13.1 Å². The number of amides is 4. The first-order valence-electron chi connectivity index (χ1n) is 15.1. The summed E-state index contributed by atoms with van der Waals surface area (Å²) in [7, 11) is 0. The van der Waals surface area contributed by atoms with Crippen LogP contribution in [0.2, 0.25) is 0 Å². The Hall–Kier alpha value is -5.40. The maximum absolute atomic E-state index is 14.3. The molecule has 1 heterocycles. The lowest BCUT2D eigenvalue weighted by atomic mass is 9.85. The lowest BCUT2D eigenvalue weighted by Crippen LogP contribution is -2.57. The minimum absolute atomic E-state index is 0.0133. The van der Waals surface area contributed by atoms with E-state index < -0.39 is 58.7 Å². The second kappa shape index (κ2) is 15.0. The number of halogens is 3. The van der Waals surface area contributed by atoms with Gasteiger partial charge < -0.3 is 25.4 Å². The Labute approximate surface area is 275 Å². The number of hydrogen-bond donors (Lipinski definition) is 3. The number of imide groups is 1. The van der Waals surface area contributed by atoms with Crippen molar-refractivity contribution in [3.8, 4) is 0 Å². The van der Waals surface area contributed by atoms with E-state index in [1.54, 1.807) is 54.6 Å². The number of carbonyl (C=O) groups excluding carboxylic acids is 4. The molecule has 1 aliphatic heterocycles. The summed E-state index contributed by atoms with van der Waals surface area (Å²) in [5.74, 6) is -3.30. The highest BCUT2D eigenvalue weighted by Gasteiger charge is 2.40. The van der Waals surface area contributed by atoms with Crippen molar-refractivity contribution in [3.05, 3.63) is 107 Å². The molecule has 1 aliphatic rings. The summed E-state index contributed by atoms with van der Waals surface area (Å²) in [4.78, 5) is 53.1. The number of piperidine rings is 1. The second-order valence-corrected chi connectivity index (χ2v) is 11.7. The molecule has 0 spiro atoms. The number of likely N-dealkylation sites (tertiary alicyclic amines) is 1. The Kier molecular flexibility index (Phi) is 11.1. The summed E-state index contributed by atoms with van der Waals surface area (Å²) in [6.07, 6.45) is -6.60. The molecule has 14 heteroatoms. The van der Waals surface area contributed by atoms with Gasteiger partial charge in [0, 0.05) is 18.7 Å². The monoisotopic (exact) mass is 667 g/mol. The predicted octanol–water partition coefficient (Wildman–Crippen LogP) is 5.79. The highest BCUT2D eigenvalue weighted by molar-refractivity contribution is 6.14. The number of nitrogens with zero attached hydrogens (tertiary/aromatic N) is 2. The van der Waals surface area contributed by atoms with Crippen LogP contribution in [0.15, 0.2) is 78.9 Å². The van der Waals surface area contributed by atoms with Gasteiger partial charge in [0.1, 0.15) is 18.8 Å². The highest BCUT2D eigenvalue weighted by Crippen LogP contribution is 2.40. The van der Waals surface area contributed by atoms with Gasteiger partial charge in [-0.2, -0.15) is 18.1 Å². The van der Waals surface area contributed by atoms with Crippen molar-refractivity contribution in [1.82, 2.24) is 15.1 Å². The Balaban J connectivity index is 1.41. The summed E-state index contributed by atoms with van der Waals surface area (Å²) in [6, 6.07) is 20.4. The van der Waals surface area contributed by atoms with Crippen LogP contribution in [0.25, 0.3) is 0 Å². The van der Waals surface area contributed by atoms with Crippen molar-refractivity contribution < 1.29 is 41.8 Å². The lowest BCUT2D eigenvalue weighted by molar-refractivity contribution is -0.140. The average molecular weight is 668 g/mol. The average Bonchev–Trinajstić information content (AvgIpc) is 3.06. The van der Waals surface area contributed by atoms with E-state index in [1.165, 1.54) is 24.8 Å². The van der Waals surface area contributed by atoms with Crippen molar-refractivity contribution >= 4 is 30.0 Å². The smallest absolute Gasteiger partial charge is 0.424 e. The van der Waals surface area contributed by atoms with Gasteiger partial charge in [-0.05, 0) is 61.4 Å².